The molecule has 2 aliphatic rings. The van der Waals surface area contributed by atoms with E-state index in [1.165, 1.54) is 6.20 Å². The van der Waals surface area contributed by atoms with Crippen LogP contribution >= 0.6 is 22.9 Å². The highest BCUT2D eigenvalue weighted by Crippen LogP contribution is 2.35. The maximum Gasteiger partial charge on any atom is 0.254 e. The van der Waals surface area contributed by atoms with Gasteiger partial charge in [-0.25, -0.2) is 13.4 Å². The molecular formula is C10H13ClN2O3S2. The molecule has 1 aliphatic heterocycles. The number of hydrogen-bond acceptors (Lipinski definition) is 5. The molecule has 1 aromatic rings. The summed E-state index contributed by atoms with van der Waals surface area (Å²) in [6, 6.07) is -0.0235. The topological polar surface area (TPSA) is 59.5 Å². The first kappa shape index (κ1) is 12.8. The molecule has 2 fully saturated rings. The Labute approximate surface area is 115 Å². The molecule has 0 bridgehead atoms. The number of sulfonamides is 1. The van der Waals surface area contributed by atoms with Gasteiger partial charge < -0.3 is 4.74 Å². The maximum absolute atomic E-state index is 12.5. The third-order valence-electron chi connectivity index (χ3n) is 3.45. The summed E-state index contributed by atoms with van der Waals surface area (Å²) < 4.78 is 32.7. The van der Waals surface area contributed by atoms with Gasteiger partial charge in [-0.2, -0.15) is 4.31 Å². The molecule has 100 valence electrons. The highest BCUT2D eigenvalue weighted by molar-refractivity contribution is 7.91. The van der Waals surface area contributed by atoms with Gasteiger partial charge in [-0.05, 0) is 19.3 Å². The highest BCUT2D eigenvalue weighted by atomic mass is 35.5. The largest absolute Gasteiger partial charge is 0.375 e. The van der Waals surface area contributed by atoms with Crippen LogP contribution in [0.15, 0.2) is 10.4 Å². The monoisotopic (exact) mass is 308 g/mol. The molecule has 2 heterocycles. The molecule has 1 aliphatic carbocycles. The first-order valence-electron chi connectivity index (χ1n) is 5.84. The molecule has 1 saturated heterocycles. The maximum atomic E-state index is 12.5. The van der Waals surface area contributed by atoms with E-state index in [0.29, 0.717) is 13.2 Å². The van der Waals surface area contributed by atoms with Gasteiger partial charge >= 0.3 is 0 Å². The van der Waals surface area contributed by atoms with Crippen molar-refractivity contribution in [2.45, 2.75) is 35.6 Å². The number of hydrogen-bond donors (Lipinski definition) is 0. The summed E-state index contributed by atoms with van der Waals surface area (Å²) >= 11 is 6.72. The van der Waals surface area contributed by atoms with Crippen LogP contribution in [0.1, 0.15) is 19.3 Å². The fourth-order valence-corrected chi connectivity index (χ4v) is 5.75. The molecule has 0 spiro atoms. The second-order valence-corrected chi connectivity index (χ2v) is 8.19. The second kappa shape index (κ2) is 4.72. The van der Waals surface area contributed by atoms with Gasteiger partial charge in [-0.15, -0.1) is 0 Å². The van der Waals surface area contributed by atoms with E-state index in [0.717, 1.165) is 30.6 Å². The predicted octanol–water partition coefficient (Wildman–Crippen LogP) is 1.74. The van der Waals surface area contributed by atoms with Crippen molar-refractivity contribution in [1.29, 1.82) is 0 Å². The van der Waals surface area contributed by atoms with E-state index in [9.17, 15) is 8.42 Å². The molecule has 0 radical (unpaired) electrons. The van der Waals surface area contributed by atoms with Crippen LogP contribution in [-0.2, 0) is 14.8 Å². The van der Waals surface area contributed by atoms with Crippen LogP contribution < -0.4 is 0 Å². The van der Waals surface area contributed by atoms with E-state index >= 15 is 0 Å². The van der Waals surface area contributed by atoms with Gasteiger partial charge in [0.15, 0.2) is 8.68 Å². The lowest BCUT2D eigenvalue weighted by Crippen LogP contribution is -2.50. The number of aromatic nitrogens is 1. The SMILES string of the molecule is O=S(=O)(c1cnc(Cl)s1)N1CCOC2CCCC21. The van der Waals surface area contributed by atoms with E-state index in [4.69, 9.17) is 16.3 Å². The van der Waals surface area contributed by atoms with E-state index in [2.05, 4.69) is 4.98 Å². The molecule has 0 N–H and O–H groups in total. The summed E-state index contributed by atoms with van der Waals surface area (Å²) in [4.78, 5) is 3.81. The Morgan fingerprint density at radius 2 is 2.33 bits per heavy atom. The minimum Gasteiger partial charge on any atom is -0.375 e. The minimum atomic E-state index is -3.47. The van der Waals surface area contributed by atoms with Gasteiger partial charge in [0.1, 0.15) is 0 Å². The number of thiazole rings is 1. The van der Waals surface area contributed by atoms with Crippen molar-refractivity contribution in [3.8, 4) is 0 Å². The average Bonchev–Trinajstić information content (AvgIpc) is 2.96. The van der Waals surface area contributed by atoms with Crippen LogP contribution in [0, 0.1) is 0 Å². The van der Waals surface area contributed by atoms with Gasteiger partial charge in [0.05, 0.1) is 24.9 Å². The molecule has 2 atom stereocenters. The number of rotatable bonds is 2. The number of nitrogens with zero attached hydrogens (tertiary/aromatic N) is 2. The minimum absolute atomic E-state index is 0.0235. The number of morpholine rings is 1. The fraction of sp³-hybridized carbons (Fsp3) is 0.700. The van der Waals surface area contributed by atoms with E-state index in [-0.39, 0.29) is 20.8 Å². The summed E-state index contributed by atoms with van der Waals surface area (Å²) in [5.41, 5.74) is 0. The zero-order valence-electron chi connectivity index (χ0n) is 9.58. The Morgan fingerprint density at radius 3 is 3.06 bits per heavy atom. The highest BCUT2D eigenvalue weighted by Gasteiger charge is 2.42. The van der Waals surface area contributed by atoms with Gasteiger partial charge in [0, 0.05) is 6.54 Å². The molecule has 8 heteroatoms. The number of halogens is 1. The van der Waals surface area contributed by atoms with Gasteiger partial charge in [0.2, 0.25) is 0 Å². The van der Waals surface area contributed by atoms with Crippen molar-refractivity contribution >= 4 is 33.0 Å². The predicted molar refractivity (Wildman–Crippen MR) is 68.4 cm³/mol. The summed E-state index contributed by atoms with van der Waals surface area (Å²) in [6.45, 7) is 0.881. The van der Waals surface area contributed by atoms with Gasteiger partial charge in [-0.1, -0.05) is 22.9 Å². The molecule has 1 saturated carbocycles. The molecule has 18 heavy (non-hydrogen) atoms. The van der Waals surface area contributed by atoms with E-state index < -0.39 is 10.0 Å². The fourth-order valence-electron chi connectivity index (χ4n) is 2.66. The van der Waals surface area contributed by atoms with Crippen LogP contribution in [0.2, 0.25) is 4.47 Å². The molecular weight excluding hydrogens is 296 g/mol. The zero-order valence-corrected chi connectivity index (χ0v) is 12.0. The summed E-state index contributed by atoms with van der Waals surface area (Å²) in [7, 11) is -3.47. The van der Waals surface area contributed by atoms with Crippen molar-refractivity contribution in [2.24, 2.45) is 0 Å². The van der Waals surface area contributed by atoms with Gasteiger partial charge in [0.25, 0.3) is 10.0 Å². The van der Waals surface area contributed by atoms with Crippen LogP contribution in [0.4, 0.5) is 0 Å². The van der Waals surface area contributed by atoms with Crippen molar-refractivity contribution in [2.75, 3.05) is 13.2 Å². The van der Waals surface area contributed by atoms with Crippen molar-refractivity contribution in [3.05, 3.63) is 10.7 Å². The summed E-state index contributed by atoms with van der Waals surface area (Å²) in [5.74, 6) is 0. The van der Waals surface area contributed by atoms with Crippen LogP contribution in [-0.4, -0.2) is 43.0 Å². The lowest BCUT2D eigenvalue weighted by molar-refractivity contribution is -0.0241. The Morgan fingerprint density at radius 1 is 1.50 bits per heavy atom. The second-order valence-electron chi connectivity index (χ2n) is 4.46. The van der Waals surface area contributed by atoms with Crippen molar-refractivity contribution < 1.29 is 13.2 Å². The Bertz CT molecular complexity index is 545. The quantitative estimate of drug-likeness (QED) is 0.835. The average molecular weight is 309 g/mol. The number of ether oxygens (including phenoxy) is 1. The molecule has 2 unspecified atom stereocenters. The summed E-state index contributed by atoms with van der Waals surface area (Å²) in [5, 5.41) is 0. The van der Waals surface area contributed by atoms with E-state index in [1.807, 2.05) is 0 Å². The van der Waals surface area contributed by atoms with Crippen LogP contribution in [0.3, 0.4) is 0 Å². The van der Waals surface area contributed by atoms with Crippen LogP contribution in [0.5, 0.6) is 0 Å². The lowest BCUT2D eigenvalue weighted by atomic mass is 10.2. The molecule has 0 aromatic carbocycles. The molecule has 5 nitrogen and oxygen atoms in total. The third kappa shape index (κ3) is 2.08. The Balaban J connectivity index is 1.93. The first-order valence-corrected chi connectivity index (χ1v) is 8.47. The van der Waals surface area contributed by atoms with Crippen LogP contribution in [0.25, 0.3) is 0 Å². The van der Waals surface area contributed by atoms with Crippen molar-refractivity contribution in [3.63, 3.8) is 0 Å². The third-order valence-corrected chi connectivity index (χ3v) is 6.93. The van der Waals surface area contributed by atoms with Crippen molar-refractivity contribution in [1.82, 2.24) is 9.29 Å². The summed E-state index contributed by atoms with van der Waals surface area (Å²) in [6.07, 6.45) is 4.22. The molecule has 0 amide bonds. The Hall–Kier alpha value is -0.210. The Kier molecular flexibility index (Phi) is 3.36. The van der Waals surface area contributed by atoms with Gasteiger partial charge in [-0.3, -0.25) is 0 Å². The standard InChI is InChI=1S/C10H13ClN2O3S2/c11-10-12-6-9(17-10)18(14,15)13-4-5-16-8-3-1-2-7(8)13/h6-8H,1-5H2. The normalized spacial score (nSPS) is 29.4. The molecule has 1 aromatic heterocycles. The zero-order chi connectivity index (χ0) is 12.8. The van der Waals surface area contributed by atoms with E-state index in [1.54, 1.807) is 4.31 Å². The lowest BCUT2D eigenvalue weighted by Gasteiger charge is -2.36. The smallest absolute Gasteiger partial charge is 0.254 e. The first-order chi connectivity index (χ1) is 8.59. The molecule has 3 rings (SSSR count). The number of fused-ring (bicyclic) bond motifs is 1.